The molecule has 0 radical (unpaired) electrons. The number of nitrogens with two attached hydrogens (primary N) is 1. The van der Waals surface area contributed by atoms with Crippen molar-refractivity contribution in [1.29, 1.82) is 0 Å². The van der Waals surface area contributed by atoms with Gasteiger partial charge in [-0.25, -0.2) is 4.98 Å². The fraction of sp³-hybridized carbons (Fsp3) is 0.308. The number of nitrogen functional groups attached to an aromatic ring is 1. The topological polar surface area (TPSA) is 73.9 Å². The minimum absolute atomic E-state index is 0.169. The summed E-state index contributed by atoms with van der Waals surface area (Å²) in [4.78, 5) is 12.7. The van der Waals surface area contributed by atoms with Gasteiger partial charge >= 0.3 is 0 Å². The van der Waals surface area contributed by atoms with E-state index in [-0.39, 0.29) is 11.9 Å². The number of hydrogen-bond acceptors (Lipinski definition) is 5. The van der Waals surface area contributed by atoms with E-state index < -0.39 is 0 Å². The lowest BCUT2D eigenvalue weighted by Crippen LogP contribution is -2.06. The summed E-state index contributed by atoms with van der Waals surface area (Å²) in [6.07, 6.45) is 0. The molecule has 2 N–H and O–H groups in total. The summed E-state index contributed by atoms with van der Waals surface area (Å²) < 4.78 is 5.30. The number of methoxy groups -OCH3 is 1. The molecular formula is C13H15ClN4O. The van der Waals surface area contributed by atoms with Gasteiger partial charge in [-0.1, -0.05) is 25.4 Å². The van der Waals surface area contributed by atoms with E-state index in [2.05, 4.69) is 15.0 Å². The third-order valence-corrected chi connectivity index (χ3v) is 2.83. The highest BCUT2D eigenvalue weighted by Gasteiger charge is 2.13. The number of anilines is 1. The molecule has 1 aromatic heterocycles. The number of rotatable bonds is 3. The molecule has 100 valence electrons. The molecule has 0 amide bonds. The summed E-state index contributed by atoms with van der Waals surface area (Å²) in [6.45, 7) is 4.00. The zero-order valence-corrected chi connectivity index (χ0v) is 11.8. The van der Waals surface area contributed by atoms with Gasteiger partial charge in [0.15, 0.2) is 5.82 Å². The van der Waals surface area contributed by atoms with E-state index in [4.69, 9.17) is 22.1 Å². The molecule has 1 aromatic carbocycles. The second-order valence-corrected chi connectivity index (χ2v) is 4.81. The van der Waals surface area contributed by atoms with Crippen LogP contribution in [0.15, 0.2) is 18.2 Å². The van der Waals surface area contributed by atoms with Crippen LogP contribution in [-0.2, 0) is 0 Å². The Morgan fingerprint density at radius 2 is 1.95 bits per heavy atom. The molecule has 0 unspecified atom stereocenters. The van der Waals surface area contributed by atoms with Gasteiger partial charge in [0.25, 0.3) is 0 Å². The highest BCUT2D eigenvalue weighted by Crippen LogP contribution is 2.30. The van der Waals surface area contributed by atoms with Crippen molar-refractivity contribution in [2.45, 2.75) is 19.8 Å². The molecule has 0 aliphatic heterocycles. The van der Waals surface area contributed by atoms with E-state index in [0.29, 0.717) is 22.4 Å². The number of halogens is 1. The fourth-order valence-electron chi connectivity index (χ4n) is 1.64. The third kappa shape index (κ3) is 2.93. The first-order valence-electron chi connectivity index (χ1n) is 5.86. The molecule has 2 aromatic rings. The molecule has 0 saturated carbocycles. The molecule has 19 heavy (non-hydrogen) atoms. The van der Waals surface area contributed by atoms with Gasteiger partial charge in [0.1, 0.15) is 11.6 Å². The predicted octanol–water partition coefficient (Wildman–Crippen LogP) is 2.91. The summed E-state index contributed by atoms with van der Waals surface area (Å²) in [6, 6.07) is 5.28. The second kappa shape index (κ2) is 5.40. The van der Waals surface area contributed by atoms with Gasteiger partial charge in [-0.3, -0.25) is 0 Å². The van der Waals surface area contributed by atoms with Gasteiger partial charge in [-0.2, -0.15) is 9.97 Å². The smallest absolute Gasteiger partial charge is 0.223 e. The third-order valence-electron chi connectivity index (χ3n) is 2.59. The van der Waals surface area contributed by atoms with Crippen LogP contribution in [0, 0.1) is 0 Å². The van der Waals surface area contributed by atoms with Gasteiger partial charge < -0.3 is 10.5 Å². The van der Waals surface area contributed by atoms with Crippen LogP contribution in [0.3, 0.4) is 0 Å². The number of benzene rings is 1. The lowest BCUT2D eigenvalue weighted by Gasteiger charge is -2.10. The van der Waals surface area contributed by atoms with Crippen molar-refractivity contribution in [3.8, 4) is 17.1 Å². The van der Waals surface area contributed by atoms with Crippen LogP contribution >= 0.6 is 11.6 Å². The zero-order valence-electron chi connectivity index (χ0n) is 11.0. The van der Waals surface area contributed by atoms with Crippen molar-refractivity contribution in [2.75, 3.05) is 12.8 Å². The summed E-state index contributed by atoms with van der Waals surface area (Å²) in [7, 11) is 1.57. The molecule has 2 rings (SSSR count). The van der Waals surface area contributed by atoms with Crippen molar-refractivity contribution in [3.63, 3.8) is 0 Å². The van der Waals surface area contributed by atoms with E-state index in [1.54, 1.807) is 25.3 Å². The predicted molar refractivity (Wildman–Crippen MR) is 75.3 cm³/mol. The van der Waals surface area contributed by atoms with Crippen LogP contribution in [0.4, 0.5) is 5.95 Å². The van der Waals surface area contributed by atoms with Crippen LogP contribution in [-0.4, -0.2) is 22.1 Å². The van der Waals surface area contributed by atoms with Gasteiger partial charge in [0, 0.05) is 10.9 Å². The number of ether oxygens (including phenoxy) is 1. The summed E-state index contributed by atoms with van der Waals surface area (Å²) in [5.41, 5.74) is 6.47. The molecule has 0 aliphatic rings. The Morgan fingerprint density at radius 1 is 1.21 bits per heavy atom. The lowest BCUT2D eigenvalue weighted by atomic mass is 10.1. The van der Waals surface area contributed by atoms with Gasteiger partial charge in [0.2, 0.25) is 5.95 Å². The minimum atomic E-state index is 0.169. The van der Waals surface area contributed by atoms with E-state index in [9.17, 15) is 0 Å². The summed E-state index contributed by atoms with van der Waals surface area (Å²) in [5, 5.41) is 0.590. The van der Waals surface area contributed by atoms with Crippen LogP contribution in [0.1, 0.15) is 25.6 Å². The Labute approximate surface area is 116 Å². The number of aromatic nitrogens is 3. The van der Waals surface area contributed by atoms with E-state index in [1.165, 1.54) is 0 Å². The molecule has 0 spiro atoms. The first-order valence-corrected chi connectivity index (χ1v) is 6.24. The summed E-state index contributed by atoms with van der Waals surface area (Å²) >= 11 is 5.94. The SMILES string of the molecule is COc1cc(Cl)ccc1-c1nc(N)nc(C(C)C)n1. The monoisotopic (exact) mass is 278 g/mol. The van der Waals surface area contributed by atoms with Crippen LogP contribution in [0.25, 0.3) is 11.4 Å². The molecule has 0 fully saturated rings. The van der Waals surface area contributed by atoms with Gasteiger partial charge in [-0.15, -0.1) is 0 Å². The zero-order chi connectivity index (χ0) is 14.0. The highest BCUT2D eigenvalue weighted by atomic mass is 35.5. The van der Waals surface area contributed by atoms with Crippen molar-refractivity contribution >= 4 is 17.5 Å². The standard InChI is InChI=1S/C13H15ClN4O/c1-7(2)11-16-12(18-13(15)17-11)9-5-4-8(14)6-10(9)19-3/h4-7H,1-3H3,(H2,15,16,17,18). The molecule has 0 bridgehead atoms. The molecule has 6 heteroatoms. The van der Waals surface area contributed by atoms with E-state index >= 15 is 0 Å². The first kappa shape index (κ1) is 13.5. The van der Waals surface area contributed by atoms with E-state index in [0.717, 1.165) is 5.56 Å². The maximum absolute atomic E-state index is 5.94. The first-order chi connectivity index (χ1) is 9.01. The maximum Gasteiger partial charge on any atom is 0.223 e. The Morgan fingerprint density at radius 3 is 2.58 bits per heavy atom. The van der Waals surface area contributed by atoms with Crippen molar-refractivity contribution in [3.05, 3.63) is 29.0 Å². The van der Waals surface area contributed by atoms with Crippen molar-refractivity contribution in [2.24, 2.45) is 0 Å². The van der Waals surface area contributed by atoms with Crippen molar-refractivity contribution in [1.82, 2.24) is 15.0 Å². The Bertz CT molecular complexity index is 601. The summed E-state index contributed by atoms with van der Waals surface area (Å²) in [5.74, 6) is 2.12. The van der Waals surface area contributed by atoms with Crippen LogP contribution in [0.5, 0.6) is 5.75 Å². The average Bonchev–Trinajstić information content (AvgIpc) is 2.37. The molecular weight excluding hydrogens is 264 g/mol. The number of nitrogens with zero attached hydrogens (tertiary/aromatic N) is 3. The van der Waals surface area contributed by atoms with Crippen LogP contribution in [0.2, 0.25) is 5.02 Å². The number of hydrogen-bond donors (Lipinski definition) is 1. The minimum Gasteiger partial charge on any atom is -0.496 e. The molecule has 0 atom stereocenters. The largest absolute Gasteiger partial charge is 0.496 e. The van der Waals surface area contributed by atoms with Crippen LogP contribution < -0.4 is 10.5 Å². The lowest BCUT2D eigenvalue weighted by molar-refractivity contribution is 0.416. The van der Waals surface area contributed by atoms with Gasteiger partial charge in [0.05, 0.1) is 12.7 Å². The Hall–Kier alpha value is -1.88. The Balaban J connectivity index is 2.58. The normalized spacial score (nSPS) is 10.8. The highest BCUT2D eigenvalue weighted by molar-refractivity contribution is 6.30. The molecule has 5 nitrogen and oxygen atoms in total. The molecule has 0 aliphatic carbocycles. The Kier molecular flexibility index (Phi) is 3.85. The average molecular weight is 279 g/mol. The van der Waals surface area contributed by atoms with E-state index in [1.807, 2.05) is 13.8 Å². The maximum atomic E-state index is 5.94. The van der Waals surface area contributed by atoms with Gasteiger partial charge in [-0.05, 0) is 18.2 Å². The van der Waals surface area contributed by atoms with Crippen molar-refractivity contribution < 1.29 is 4.74 Å². The second-order valence-electron chi connectivity index (χ2n) is 4.37. The molecule has 1 heterocycles. The quantitative estimate of drug-likeness (QED) is 0.934. The molecule has 0 saturated heterocycles. The fourth-order valence-corrected chi connectivity index (χ4v) is 1.80.